The van der Waals surface area contributed by atoms with Crippen molar-refractivity contribution in [1.82, 2.24) is 9.78 Å². The van der Waals surface area contributed by atoms with Gasteiger partial charge in [0.1, 0.15) is 6.07 Å². The van der Waals surface area contributed by atoms with Crippen molar-refractivity contribution < 1.29 is 9.31 Å². The smallest absolute Gasteiger partial charge is 0.398 e. The van der Waals surface area contributed by atoms with Crippen LogP contribution in [0.1, 0.15) is 33.3 Å². The summed E-state index contributed by atoms with van der Waals surface area (Å²) >= 11 is 0. The third kappa shape index (κ3) is 1.76. The molecule has 6 heteroatoms. The van der Waals surface area contributed by atoms with Crippen molar-refractivity contribution in [2.24, 2.45) is 7.05 Å². The van der Waals surface area contributed by atoms with E-state index in [0.717, 1.165) is 0 Å². The van der Waals surface area contributed by atoms with Crippen molar-refractivity contribution in [2.45, 2.75) is 38.9 Å². The molecular formula is C11H16BN3O2. The van der Waals surface area contributed by atoms with E-state index in [2.05, 4.69) is 11.2 Å². The molecule has 2 heterocycles. The van der Waals surface area contributed by atoms with Gasteiger partial charge in [-0.1, -0.05) is 0 Å². The number of nitrogens with zero attached hydrogens (tertiary/aromatic N) is 3. The van der Waals surface area contributed by atoms with Gasteiger partial charge < -0.3 is 9.31 Å². The van der Waals surface area contributed by atoms with Crippen LogP contribution in [0.25, 0.3) is 0 Å². The summed E-state index contributed by atoms with van der Waals surface area (Å²) in [6.45, 7) is 7.93. The number of aryl methyl sites for hydroxylation is 1. The SMILES string of the molecule is Cn1ncc(C#N)c1B1OC(C)(C)C(C)(C)O1. The molecule has 90 valence electrons. The molecule has 0 saturated carbocycles. The first-order valence-corrected chi connectivity index (χ1v) is 5.56. The van der Waals surface area contributed by atoms with Gasteiger partial charge in [0.15, 0.2) is 0 Å². The van der Waals surface area contributed by atoms with Gasteiger partial charge in [0.05, 0.1) is 28.6 Å². The molecule has 0 radical (unpaired) electrons. The van der Waals surface area contributed by atoms with Gasteiger partial charge in [-0.25, -0.2) is 0 Å². The summed E-state index contributed by atoms with van der Waals surface area (Å²) in [4.78, 5) is 0. The summed E-state index contributed by atoms with van der Waals surface area (Å²) in [7, 11) is 1.24. The lowest BCUT2D eigenvalue weighted by molar-refractivity contribution is 0.00578. The van der Waals surface area contributed by atoms with E-state index in [0.29, 0.717) is 11.2 Å². The maximum Gasteiger partial charge on any atom is 0.515 e. The van der Waals surface area contributed by atoms with Crippen molar-refractivity contribution in [1.29, 1.82) is 5.26 Å². The van der Waals surface area contributed by atoms with E-state index in [4.69, 9.17) is 14.6 Å². The zero-order chi connectivity index (χ0) is 12.8. The minimum atomic E-state index is -0.540. The predicted molar refractivity (Wildman–Crippen MR) is 63.6 cm³/mol. The van der Waals surface area contributed by atoms with E-state index in [1.165, 1.54) is 6.20 Å². The second kappa shape index (κ2) is 3.59. The van der Waals surface area contributed by atoms with Crippen molar-refractivity contribution in [2.75, 3.05) is 0 Å². The van der Waals surface area contributed by atoms with Gasteiger partial charge in [-0.15, -0.1) is 0 Å². The molecule has 1 saturated heterocycles. The fourth-order valence-corrected chi connectivity index (χ4v) is 1.77. The normalized spacial score (nSPS) is 21.5. The van der Waals surface area contributed by atoms with Crippen LogP contribution in [0.5, 0.6) is 0 Å². The monoisotopic (exact) mass is 233 g/mol. The number of rotatable bonds is 1. The van der Waals surface area contributed by atoms with Crippen LogP contribution in [0, 0.1) is 11.3 Å². The molecule has 1 aliphatic heterocycles. The molecule has 0 unspecified atom stereocenters. The first-order valence-electron chi connectivity index (χ1n) is 5.56. The Kier molecular flexibility index (Phi) is 2.56. The Hall–Kier alpha value is -1.32. The molecule has 1 aromatic rings. The topological polar surface area (TPSA) is 60.1 Å². The van der Waals surface area contributed by atoms with Gasteiger partial charge in [-0.3, -0.25) is 4.68 Å². The molecule has 5 nitrogen and oxygen atoms in total. The fourth-order valence-electron chi connectivity index (χ4n) is 1.77. The molecular weight excluding hydrogens is 217 g/mol. The Balaban J connectivity index is 2.39. The molecule has 0 N–H and O–H groups in total. The predicted octanol–water partition coefficient (Wildman–Crippen LogP) is 0.591. The summed E-state index contributed by atoms with van der Waals surface area (Å²) in [5.74, 6) is 0. The molecule has 0 bridgehead atoms. The Morgan fingerprint density at radius 1 is 1.29 bits per heavy atom. The molecule has 1 fully saturated rings. The van der Waals surface area contributed by atoms with E-state index >= 15 is 0 Å². The van der Waals surface area contributed by atoms with E-state index in [1.807, 2.05) is 27.7 Å². The van der Waals surface area contributed by atoms with E-state index in [-0.39, 0.29) is 0 Å². The van der Waals surface area contributed by atoms with Gasteiger partial charge in [0.25, 0.3) is 0 Å². The van der Waals surface area contributed by atoms with Crippen molar-refractivity contribution in [3.63, 3.8) is 0 Å². The van der Waals surface area contributed by atoms with Gasteiger partial charge >= 0.3 is 7.12 Å². The zero-order valence-electron chi connectivity index (χ0n) is 10.8. The van der Waals surface area contributed by atoms with Crippen molar-refractivity contribution in [3.8, 4) is 6.07 Å². The van der Waals surface area contributed by atoms with Gasteiger partial charge in [-0.05, 0) is 27.7 Å². The molecule has 0 aliphatic carbocycles. The van der Waals surface area contributed by atoms with Gasteiger partial charge in [0.2, 0.25) is 0 Å². The quantitative estimate of drug-likeness (QED) is 0.666. The van der Waals surface area contributed by atoms with Crippen LogP contribution in [0.15, 0.2) is 6.20 Å². The van der Waals surface area contributed by atoms with Crippen LogP contribution in [0.3, 0.4) is 0 Å². The summed E-state index contributed by atoms with van der Waals surface area (Å²) in [6.07, 6.45) is 1.53. The standard InChI is InChI=1S/C11H16BN3O2/c1-10(2)11(3,4)17-12(16-10)9-8(6-13)7-14-15(9)5/h7H,1-5H3. The highest BCUT2D eigenvalue weighted by atomic mass is 16.7. The first kappa shape index (κ1) is 12.2. The van der Waals surface area contributed by atoms with Gasteiger partial charge in [0, 0.05) is 7.05 Å². The zero-order valence-corrected chi connectivity index (χ0v) is 10.8. The minimum Gasteiger partial charge on any atom is -0.398 e. The average Bonchev–Trinajstić information content (AvgIpc) is 2.65. The van der Waals surface area contributed by atoms with Crippen LogP contribution in [-0.4, -0.2) is 28.1 Å². The largest absolute Gasteiger partial charge is 0.515 e. The minimum absolute atomic E-state index is 0.408. The molecule has 17 heavy (non-hydrogen) atoms. The lowest BCUT2D eigenvalue weighted by Gasteiger charge is -2.32. The average molecular weight is 233 g/mol. The highest BCUT2D eigenvalue weighted by Crippen LogP contribution is 2.36. The molecule has 2 rings (SSSR count). The van der Waals surface area contributed by atoms with Gasteiger partial charge in [-0.2, -0.15) is 10.4 Å². The maximum atomic E-state index is 9.04. The van der Waals surface area contributed by atoms with E-state index in [9.17, 15) is 0 Å². The second-order valence-electron chi connectivity index (χ2n) is 5.27. The van der Waals surface area contributed by atoms with Crippen LogP contribution >= 0.6 is 0 Å². The van der Waals surface area contributed by atoms with Crippen molar-refractivity contribution in [3.05, 3.63) is 11.8 Å². The molecule has 0 spiro atoms. The number of nitriles is 1. The Labute approximate surface area is 101 Å². The summed E-state index contributed by atoms with van der Waals surface area (Å²) in [5, 5.41) is 13.1. The molecule has 0 amide bonds. The molecule has 1 aromatic heterocycles. The maximum absolute atomic E-state index is 9.04. The summed E-state index contributed by atoms with van der Waals surface area (Å²) < 4.78 is 13.4. The first-order chi connectivity index (χ1) is 7.78. The highest BCUT2D eigenvalue weighted by molar-refractivity contribution is 6.62. The molecule has 0 atom stereocenters. The third-order valence-corrected chi connectivity index (χ3v) is 3.58. The number of hydrogen-bond donors (Lipinski definition) is 0. The number of hydrogen-bond acceptors (Lipinski definition) is 4. The van der Waals surface area contributed by atoms with E-state index in [1.54, 1.807) is 11.7 Å². The lowest BCUT2D eigenvalue weighted by atomic mass is 9.82. The third-order valence-electron chi connectivity index (χ3n) is 3.58. The van der Waals surface area contributed by atoms with Crippen molar-refractivity contribution >= 4 is 12.7 Å². The highest BCUT2D eigenvalue weighted by Gasteiger charge is 2.53. The Morgan fingerprint density at radius 2 is 1.82 bits per heavy atom. The van der Waals surface area contributed by atoms with Crippen LogP contribution in [0.2, 0.25) is 0 Å². The number of aromatic nitrogens is 2. The second-order valence-corrected chi connectivity index (χ2v) is 5.27. The summed E-state index contributed by atoms with van der Waals surface area (Å²) in [5.41, 5.74) is 0.348. The van der Waals surface area contributed by atoms with Crippen LogP contribution < -0.4 is 5.59 Å². The fraction of sp³-hybridized carbons (Fsp3) is 0.636. The molecule has 1 aliphatic rings. The van der Waals surface area contributed by atoms with Crippen LogP contribution in [0.4, 0.5) is 0 Å². The van der Waals surface area contributed by atoms with Crippen LogP contribution in [-0.2, 0) is 16.4 Å². The van der Waals surface area contributed by atoms with E-state index < -0.39 is 18.3 Å². The Morgan fingerprint density at radius 3 is 2.29 bits per heavy atom. The summed E-state index contributed by atoms with van der Waals surface area (Å²) in [6, 6.07) is 2.10. The molecule has 0 aromatic carbocycles. The lowest BCUT2D eigenvalue weighted by Crippen LogP contribution is -2.41. The Bertz CT molecular complexity index is 471.